The molecule has 0 amide bonds. The summed E-state index contributed by atoms with van der Waals surface area (Å²) >= 11 is 0. The number of nitrogens with two attached hydrogens (primary N) is 1. The van der Waals surface area contributed by atoms with Crippen LogP contribution in [0.15, 0.2) is 52.3 Å². The number of rotatable bonds is 7. The molecule has 182 valence electrons. The van der Waals surface area contributed by atoms with E-state index in [-0.39, 0.29) is 22.8 Å². The molecule has 0 saturated carbocycles. The molecule has 3 rings (SSSR count). The zero-order valence-electron chi connectivity index (χ0n) is 18.3. The van der Waals surface area contributed by atoms with Gasteiger partial charge in [0.25, 0.3) is 5.92 Å². The lowest BCUT2D eigenvalue weighted by Crippen LogP contribution is -2.47. The van der Waals surface area contributed by atoms with Gasteiger partial charge in [0.2, 0.25) is 0 Å². The second kappa shape index (κ2) is 9.29. The summed E-state index contributed by atoms with van der Waals surface area (Å²) in [6, 6.07) is 3.56. The average Bonchev–Trinajstić information content (AvgIpc) is 3.07. The monoisotopic (exact) mass is 480 g/mol. The molecule has 4 N–H and O–H groups in total. The first-order chi connectivity index (χ1) is 15.9. The maximum atomic E-state index is 14.1. The topological polar surface area (TPSA) is 134 Å². The quantitative estimate of drug-likeness (QED) is 0.302. The molecular formula is C22H23F3N4O5. The SMILES string of the molecule is COC(=O)C1=C(CN2CC(F)(F)C[C@H]2C(=O)O)NC(C(N)=CC=O)=NC1(C)c1ccc(F)cc1. The lowest BCUT2D eigenvalue weighted by Gasteiger charge is -2.36. The molecule has 0 aliphatic carbocycles. The number of ether oxygens (including phenoxy) is 1. The predicted octanol–water partition coefficient (Wildman–Crippen LogP) is 1.31. The standard InChI is InChI=1S/C22H23F3N4O5/c1-21(12-3-5-13(23)6-4-12)17(20(33)34-2)15(27-18(28-21)14(26)7-8-30)10-29-11-22(24,25)9-16(29)19(31)32/h3-8,16H,9-11,26H2,1-2H3,(H,27,28)(H,31,32)/t16-,21?/m0/s1. The third kappa shape index (κ3) is 4.81. The van der Waals surface area contributed by atoms with Crippen LogP contribution >= 0.6 is 0 Å². The van der Waals surface area contributed by atoms with Crippen LogP contribution in [-0.4, -0.2) is 66.2 Å². The average molecular weight is 480 g/mol. The van der Waals surface area contributed by atoms with Crippen molar-refractivity contribution in [3.8, 4) is 0 Å². The van der Waals surface area contributed by atoms with E-state index in [1.54, 1.807) is 0 Å². The number of likely N-dealkylation sites (tertiary alicyclic amines) is 1. The fourth-order valence-electron chi connectivity index (χ4n) is 4.12. The number of nitrogens with one attached hydrogen (secondary N) is 1. The number of carbonyl (C=O) groups excluding carboxylic acids is 2. The van der Waals surface area contributed by atoms with Crippen molar-refractivity contribution in [3.05, 3.63) is 58.7 Å². The Hall–Kier alpha value is -3.67. The molecule has 0 bridgehead atoms. The zero-order chi connectivity index (χ0) is 25.3. The van der Waals surface area contributed by atoms with Crippen LogP contribution in [-0.2, 0) is 24.7 Å². The minimum Gasteiger partial charge on any atom is -0.480 e. The van der Waals surface area contributed by atoms with Gasteiger partial charge in [0.15, 0.2) is 0 Å². The number of amidine groups is 1. The molecule has 0 radical (unpaired) electrons. The van der Waals surface area contributed by atoms with Crippen molar-refractivity contribution in [1.82, 2.24) is 10.2 Å². The molecule has 12 heteroatoms. The van der Waals surface area contributed by atoms with E-state index in [2.05, 4.69) is 10.3 Å². The lowest BCUT2D eigenvalue weighted by molar-refractivity contribution is -0.142. The maximum Gasteiger partial charge on any atom is 0.338 e. The normalized spacial score (nSPS) is 24.9. The van der Waals surface area contributed by atoms with Gasteiger partial charge in [-0.2, -0.15) is 0 Å². The summed E-state index contributed by atoms with van der Waals surface area (Å²) < 4.78 is 46.7. The number of nitrogens with zero attached hydrogens (tertiary/aromatic N) is 2. The summed E-state index contributed by atoms with van der Waals surface area (Å²) in [6.07, 6.45) is 0.518. The lowest BCUT2D eigenvalue weighted by atomic mass is 9.82. The molecule has 1 fully saturated rings. The summed E-state index contributed by atoms with van der Waals surface area (Å²) in [5.41, 5.74) is 4.51. The smallest absolute Gasteiger partial charge is 0.338 e. The molecule has 1 unspecified atom stereocenters. The fourth-order valence-corrected chi connectivity index (χ4v) is 4.12. The van der Waals surface area contributed by atoms with E-state index in [9.17, 15) is 32.7 Å². The van der Waals surface area contributed by atoms with Crippen molar-refractivity contribution in [1.29, 1.82) is 0 Å². The molecule has 1 aromatic carbocycles. The third-order valence-electron chi connectivity index (χ3n) is 5.72. The number of hydrogen-bond donors (Lipinski definition) is 3. The Morgan fingerprint density at radius 1 is 1.35 bits per heavy atom. The minimum atomic E-state index is -3.25. The highest BCUT2D eigenvalue weighted by atomic mass is 19.3. The van der Waals surface area contributed by atoms with E-state index in [0.29, 0.717) is 11.8 Å². The molecule has 2 heterocycles. The van der Waals surface area contributed by atoms with E-state index in [1.807, 2.05) is 0 Å². The number of carboxylic acid groups (broad SMARTS) is 1. The molecule has 9 nitrogen and oxygen atoms in total. The van der Waals surface area contributed by atoms with Crippen molar-refractivity contribution in [3.63, 3.8) is 0 Å². The first kappa shape index (κ1) is 25.0. The Bertz CT molecular complexity index is 1100. The van der Waals surface area contributed by atoms with Gasteiger partial charge >= 0.3 is 11.9 Å². The fraction of sp³-hybridized carbons (Fsp3) is 0.364. The number of allylic oxidation sites excluding steroid dienone is 1. The Balaban J connectivity index is 2.20. The van der Waals surface area contributed by atoms with Gasteiger partial charge in [0.05, 0.1) is 24.9 Å². The number of aliphatic imine (C=N–C) groups is 1. The number of aliphatic carboxylic acids is 1. The van der Waals surface area contributed by atoms with Crippen LogP contribution in [0.5, 0.6) is 0 Å². The third-order valence-corrected chi connectivity index (χ3v) is 5.72. The number of esters is 1. The van der Waals surface area contributed by atoms with Crippen LogP contribution in [0.1, 0.15) is 18.9 Å². The van der Waals surface area contributed by atoms with Gasteiger partial charge in [-0.05, 0) is 24.6 Å². The minimum absolute atomic E-state index is 0.00914. The molecule has 2 atom stereocenters. The number of methoxy groups -OCH3 is 1. The second-order valence-electron chi connectivity index (χ2n) is 8.09. The van der Waals surface area contributed by atoms with Gasteiger partial charge in [0.1, 0.15) is 29.5 Å². The number of hydrogen-bond acceptors (Lipinski definition) is 8. The van der Waals surface area contributed by atoms with Crippen LogP contribution in [0.3, 0.4) is 0 Å². The molecule has 2 aliphatic heterocycles. The van der Waals surface area contributed by atoms with Gasteiger partial charge in [-0.15, -0.1) is 0 Å². The number of alkyl halides is 2. The highest BCUT2D eigenvalue weighted by molar-refractivity contribution is 6.05. The van der Waals surface area contributed by atoms with Crippen molar-refractivity contribution >= 4 is 24.1 Å². The molecule has 34 heavy (non-hydrogen) atoms. The second-order valence-corrected chi connectivity index (χ2v) is 8.09. The van der Waals surface area contributed by atoms with Crippen molar-refractivity contribution in [2.45, 2.75) is 30.8 Å². The Labute approximate surface area is 192 Å². The van der Waals surface area contributed by atoms with Crippen molar-refractivity contribution in [2.24, 2.45) is 10.7 Å². The number of carboxylic acids is 1. The summed E-state index contributed by atoms with van der Waals surface area (Å²) in [6.45, 7) is 0.235. The van der Waals surface area contributed by atoms with Gasteiger partial charge in [-0.25, -0.2) is 23.0 Å². The van der Waals surface area contributed by atoms with Gasteiger partial charge in [-0.1, -0.05) is 12.1 Å². The molecule has 0 aromatic heterocycles. The predicted molar refractivity (Wildman–Crippen MR) is 114 cm³/mol. The summed E-state index contributed by atoms with van der Waals surface area (Å²) in [4.78, 5) is 41.0. The molecule has 2 aliphatic rings. The van der Waals surface area contributed by atoms with Crippen LogP contribution in [0.4, 0.5) is 13.2 Å². The van der Waals surface area contributed by atoms with E-state index in [0.717, 1.165) is 30.2 Å². The molecular weight excluding hydrogens is 457 g/mol. The Morgan fingerprint density at radius 2 is 2.00 bits per heavy atom. The van der Waals surface area contributed by atoms with Crippen molar-refractivity contribution in [2.75, 3.05) is 20.2 Å². The molecule has 1 aromatic rings. The van der Waals surface area contributed by atoms with Crippen LogP contribution in [0, 0.1) is 5.82 Å². The Kier molecular flexibility index (Phi) is 6.82. The van der Waals surface area contributed by atoms with E-state index in [4.69, 9.17) is 10.5 Å². The van der Waals surface area contributed by atoms with Gasteiger partial charge in [0, 0.05) is 24.7 Å². The van der Waals surface area contributed by atoms with E-state index < -0.39 is 54.8 Å². The zero-order valence-corrected chi connectivity index (χ0v) is 18.3. The van der Waals surface area contributed by atoms with Crippen LogP contribution in [0.2, 0.25) is 0 Å². The summed E-state index contributed by atoms with van der Waals surface area (Å²) in [5.74, 6) is -6.16. The molecule has 1 saturated heterocycles. The first-order valence-electron chi connectivity index (χ1n) is 10.1. The number of aldehydes is 1. The van der Waals surface area contributed by atoms with Gasteiger partial charge in [-0.3, -0.25) is 14.5 Å². The van der Waals surface area contributed by atoms with Gasteiger partial charge < -0.3 is 20.9 Å². The molecule has 0 spiro atoms. The highest BCUT2D eigenvalue weighted by Crippen LogP contribution is 2.40. The first-order valence-corrected chi connectivity index (χ1v) is 10.1. The van der Waals surface area contributed by atoms with E-state index >= 15 is 0 Å². The van der Waals surface area contributed by atoms with E-state index in [1.165, 1.54) is 19.1 Å². The number of benzene rings is 1. The largest absolute Gasteiger partial charge is 0.480 e. The highest BCUT2D eigenvalue weighted by Gasteiger charge is 2.50. The summed E-state index contributed by atoms with van der Waals surface area (Å²) in [5, 5.41) is 12.2. The summed E-state index contributed by atoms with van der Waals surface area (Å²) in [7, 11) is 1.11. The Morgan fingerprint density at radius 3 is 2.56 bits per heavy atom. The number of halogens is 3. The van der Waals surface area contributed by atoms with Crippen LogP contribution < -0.4 is 11.1 Å². The number of carbonyl (C=O) groups is 3. The maximum absolute atomic E-state index is 14.1. The van der Waals surface area contributed by atoms with Crippen LogP contribution in [0.25, 0.3) is 0 Å². The van der Waals surface area contributed by atoms with Crippen molar-refractivity contribution < 1.29 is 37.4 Å².